The molecule has 1 aliphatic rings. The van der Waals surface area contributed by atoms with Crippen LogP contribution in [0.4, 0.5) is 9.59 Å². The van der Waals surface area contributed by atoms with E-state index in [-0.39, 0.29) is 13.0 Å². The summed E-state index contributed by atoms with van der Waals surface area (Å²) >= 11 is 0. The molecule has 138 valence electrons. The van der Waals surface area contributed by atoms with E-state index < -0.39 is 35.4 Å². The topological polar surface area (TPSA) is 96.4 Å². The fourth-order valence-electron chi connectivity index (χ4n) is 2.34. The van der Waals surface area contributed by atoms with E-state index in [1.54, 1.807) is 41.5 Å². The molecule has 0 saturated carbocycles. The van der Waals surface area contributed by atoms with E-state index >= 15 is 0 Å². The summed E-state index contributed by atoms with van der Waals surface area (Å²) in [5, 5.41) is 11.3. The number of carbonyl (C=O) groups is 3. The second kappa shape index (κ2) is 7.27. The molecule has 0 aromatic carbocycles. The van der Waals surface area contributed by atoms with Crippen LogP contribution in [0.5, 0.6) is 0 Å². The third-order valence-corrected chi connectivity index (χ3v) is 3.11. The van der Waals surface area contributed by atoms with Gasteiger partial charge in [-0.15, -0.1) is 0 Å². The van der Waals surface area contributed by atoms with Gasteiger partial charge in [0.1, 0.15) is 11.2 Å². The van der Waals surface area contributed by atoms with Gasteiger partial charge in [0.25, 0.3) is 0 Å². The summed E-state index contributed by atoms with van der Waals surface area (Å²) in [4.78, 5) is 36.1. The van der Waals surface area contributed by atoms with Crippen molar-refractivity contribution in [2.75, 3.05) is 6.54 Å². The molecule has 0 aromatic rings. The minimum Gasteiger partial charge on any atom is -0.481 e. The van der Waals surface area contributed by atoms with Crippen molar-refractivity contribution in [1.82, 2.24) is 10.0 Å². The fraction of sp³-hybridized carbons (Fsp3) is 0.812. The quantitative estimate of drug-likeness (QED) is 0.827. The van der Waals surface area contributed by atoms with E-state index in [2.05, 4.69) is 0 Å². The van der Waals surface area contributed by atoms with E-state index in [4.69, 9.17) is 14.6 Å². The molecule has 1 atom stereocenters. The van der Waals surface area contributed by atoms with Gasteiger partial charge >= 0.3 is 18.2 Å². The predicted octanol–water partition coefficient (Wildman–Crippen LogP) is 3.01. The van der Waals surface area contributed by atoms with Crippen LogP contribution in [0, 0.1) is 0 Å². The Hall–Kier alpha value is -1.99. The van der Waals surface area contributed by atoms with Crippen LogP contribution >= 0.6 is 0 Å². The molecule has 0 aromatic heterocycles. The third-order valence-electron chi connectivity index (χ3n) is 3.11. The van der Waals surface area contributed by atoms with Crippen LogP contribution in [0.1, 0.15) is 60.8 Å². The van der Waals surface area contributed by atoms with Gasteiger partial charge in [0.15, 0.2) is 0 Å². The Bertz CT molecular complexity index is 492. The molecule has 1 rings (SSSR count). The van der Waals surface area contributed by atoms with Crippen LogP contribution < -0.4 is 0 Å². The van der Waals surface area contributed by atoms with Crippen LogP contribution in [0.3, 0.4) is 0 Å². The van der Waals surface area contributed by atoms with Gasteiger partial charge in [-0.1, -0.05) is 0 Å². The summed E-state index contributed by atoms with van der Waals surface area (Å²) in [5.41, 5.74) is -1.49. The summed E-state index contributed by atoms with van der Waals surface area (Å²) in [6.07, 6.45) is -0.650. The maximum absolute atomic E-state index is 12.5. The molecule has 0 spiro atoms. The lowest BCUT2D eigenvalue weighted by Crippen LogP contribution is -2.59. The highest BCUT2D eigenvalue weighted by atomic mass is 16.6. The number of carbonyl (C=O) groups excluding carboxylic acids is 2. The highest BCUT2D eigenvalue weighted by Crippen LogP contribution is 2.25. The average molecular weight is 344 g/mol. The summed E-state index contributed by atoms with van der Waals surface area (Å²) in [6, 6.07) is -0.654. The first-order chi connectivity index (χ1) is 10.8. The Morgan fingerprint density at radius 2 is 1.50 bits per heavy atom. The number of ether oxygens (including phenoxy) is 2. The van der Waals surface area contributed by atoms with Gasteiger partial charge < -0.3 is 14.6 Å². The molecule has 1 N–H and O–H groups in total. The summed E-state index contributed by atoms with van der Waals surface area (Å²) in [5.74, 6) is -1.04. The Kier molecular flexibility index (Phi) is 6.08. The largest absolute Gasteiger partial charge is 0.481 e. The van der Waals surface area contributed by atoms with Crippen molar-refractivity contribution in [3.63, 3.8) is 0 Å². The molecule has 1 saturated heterocycles. The standard InChI is InChI=1S/C16H28N2O6/c1-15(2,3)23-13(21)17-9-7-8-11(10-12(19)20)18(17)14(22)24-16(4,5)6/h11H,7-10H2,1-6H3,(H,19,20)/t11-/m0/s1. The molecule has 1 heterocycles. The molecule has 8 heteroatoms. The maximum Gasteiger partial charge on any atom is 0.429 e. The van der Waals surface area contributed by atoms with Gasteiger partial charge in [-0.2, -0.15) is 0 Å². The Morgan fingerprint density at radius 1 is 1.00 bits per heavy atom. The van der Waals surface area contributed by atoms with Crippen molar-refractivity contribution in [3.05, 3.63) is 0 Å². The number of hydrogen-bond acceptors (Lipinski definition) is 5. The number of amides is 2. The summed E-state index contributed by atoms with van der Waals surface area (Å²) < 4.78 is 10.7. The highest BCUT2D eigenvalue weighted by molar-refractivity contribution is 5.76. The van der Waals surface area contributed by atoms with Crippen molar-refractivity contribution in [1.29, 1.82) is 0 Å². The smallest absolute Gasteiger partial charge is 0.429 e. The van der Waals surface area contributed by atoms with E-state index in [1.807, 2.05) is 0 Å². The van der Waals surface area contributed by atoms with Gasteiger partial charge in [-0.3, -0.25) is 4.79 Å². The van der Waals surface area contributed by atoms with Crippen LogP contribution in [-0.2, 0) is 14.3 Å². The zero-order valence-electron chi connectivity index (χ0n) is 15.3. The maximum atomic E-state index is 12.5. The van der Waals surface area contributed by atoms with Gasteiger partial charge in [0.2, 0.25) is 0 Å². The Morgan fingerprint density at radius 3 is 1.96 bits per heavy atom. The zero-order chi connectivity index (χ0) is 18.7. The lowest BCUT2D eigenvalue weighted by Gasteiger charge is -2.43. The van der Waals surface area contributed by atoms with Crippen molar-refractivity contribution in [2.24, 2.45) is 0 Å². The lowest BCUT2D eigenvalue weighted by molar-refractivity contribution is -0.142. The second-order valence-corrected chi connectivity index (χ2v) is 7.82. The van der Waals surface area contributed by atoms with Crippen molar-refractivity contribution in [3.8, 4) is 0 Å². The first-order valence-corrected chi connectivity index (χ1v) is 8.04. The third kappa shape index (κ3) is 6.25. The van der Waals surface area contributed by atoms with Gasteiger partial charge in [-0.05, 0) is 54.4 Å². The minimum absolute atomic E-state index is 0.265. The van der Waals surface area contributed by atoms with Gasteiger partial charge in [-0.25, -0.2) is 19.6 Å². The van der Waals surface area contributed by atoms with E-state index in [0.29, 0.717) is 12.8 Å². The number of carboxylic acid groups (broad SMARTS) is 1. The molecule has 0 unspecified atom stereocenters. The monoisotopic (exact) mass is 344 g/mol. The first kappa shape index (κ1) is 20.1. The van der Waals surface area contributed by atoms with E-state index in [0.717, 1.165) is 10.0 Å². The first-order valence-electron chi connectivity index (χ1n) is 8.04. The average Bonchev–Trinajstić information content (AvgIpc) is 2.33. The second-order valence-electron chi connectivity index (χ2n) is 7.82. The van der Waals surface area contributed by atoms with Gasteiger partial charge in [0.05, 0.1) is 12.5 Å². The molecule has 2 amide bonds. The number of carboxylic acids is 1. The van der Waals surface area contributed by atoms with Crippen molar-refractivity contribution in [2.45, 2.75) is 78.0 Å². The molecule has 0 radical (unpaired) electrons. The van der Waals surface area contributed by atoms with Crippen molar-refractivity contribution >= 4 is 18.2 Å². The molecule has 24 heavy (non-hydrogen) atoms. The molecule has 0 aliphatic carbocycles. The molecular weight excluding hydrogens is 316 g/mol. The molecular formula is C16H28N2O6. The van der Waals surface area contributed by atoms with Crippen LogP contribution in [0.25, 0.3) is 0 Å². The molecule has 0 bridgehead atoms. The zero-order valence-corrected chi connectivity index (χ0v) is 15.3. The lowest BCUT2D eigenvalue weighted by atomic mass is 10.1. The summed E-state index contributed by atoms with van der Waals surface area (Å²) in [6.45, 7) is 10.6. The molecule has 8 nitrogen and oxygen atoms in total. The fourth-order valence-corrected chi connectivity index (χ4v) is 2.34. The molecule has 1 aliphatic heterocycles. The highest BCUT2D eigenvalue weighted by Gasteiger charge is 2.40. The molecule has 1 fully saturated rings. The van der Waals surface area contributed by atoms with Crippen LogP contribution in [0.2, 0.25) is 0 Å². The normalized spacial score (nSPS) is 19.0. The van der Waals surface area contributed by atoms with E-state index in [9.17, 15) is 14.4 Å². The number of hydrogen-bond donors (Lipinski definition) is 1. The van der Waals surface area contributed by atoms with Gasteiger partial charge in [0, 0.05) is 6.54 Å². The Labute approximate surface area is 142 Å². The number of nitrogens with zero attached hydrogens (tertiary/aromatic N) is 2. The number of rotatable bonds is 2. The Balaban J connectivity index is 3.06. The summed E-state index contributed by atoms with van der Waals surface area (Å²) in [7, 11) is 0. The predicted molar refractivity (Wildman–Crippen MR) is 86.3 cm³/mol. The van der Waals surface area contributed by atoms with Crippen molar-refractivity contribution < 1.29 is 29.0 Å². The van der Waals surface area contributed by atoms with E-state index in [1.165, 1.54) is 0 Å². The number of hydrazine groups is 1. The minimum atomic E-state index is -1.04. The number of aliphatic carboxylic acids is 1. The van der Waals surface area contributed by atoms with Crippen LogP contribution in [0.15, 0.2) is 0 Å². The SMILES string of the molecule is CC(C)(C)OC(=O)N1CCC[C@@H](CC(=O)O)N1C(=O)OC(C)(C)C. The van der Waals surface area contributed by atoms with Crippen LogP contribution in [-0.4, -0.2) is 57.1 Å².